The van der Waals surface area contributed by atoms with Crippen molar-refractivity contribution in [3.8, 4) is 0 Å². The van der Waals surface area contributed by atoms with E-state index in [1.54, 1.807) is 58.3 Å². The van der Waals surface area contributed by atoms with Gasteiger partial charge in [0.15, 0.2) is 0 Å². The minimum absolute atomic E-state index is 0.559. The lowest BCUT2D eigenvalue weighted by Gasteiger charge is -2.07. The van der Waals surface area contributed by atoms with Crippen LogP contribution in [0.4, 0.5) is 11.4 Å². The molecule has 0 aromatic heterocycles. The molecule has 0 N–H and O–H groups in total. The van der Waals surface area contributed by atoms with Crippen LogP contribution >= 0.6 is 68.0 Å². The van der Waals surface area contributed by atoms with Crippen molar-refractivity contribution in [2.75, 3.05) is 0 Å². The molecule has 0 saturated heterocycles. The Kier molecular flexibility index (Phi) is 9.01. The number of hydrogen-bond donors (Lipinski definition) is 0. The van der Waals surface area contributed by atoms with Crippen LogP contribution in [0, 0.1) is 0 Å². The Hall–Kier alpha value is -1.92. The summed E-state index contributed by atoms with van der Waals surface area (Å²) < 4.78 is 0. The van der Waals surface area contributed by atoms with E-state index >= 15 is 0 Å². The van der Waals surface area contributed by atoms with Crippen molar-refractivity contribution in [3.05, 3.63) is 116 Å². The molecule has 0 amide bonds. The van der Waals surface area contributed by atoms with Gasteiger partial charge in [-0.25, -0.2) is 0 Å². The Morgan fingerprint density at radius 2 is 0.941 bits per heavy atom. The SMILES string of the molecule is Clc1ccc(C=Nc2ccccc2SSc2ccccc2N=Cc2ccc(Cl)cc2Cl)c(Cl)c1. The van der Waals surface area contributed by atoms with E-state index in [0.29, 0.717) is 20.1 Å². The molecule has 0 radical (unpaired) electrons. The zero-order chi connectivity index (χ0) is 23.9. The lowest BCUT2D eigenvalue weighted by molar-refractivity contribution is 1.38. The van der Waals surface area contributed by atoms with Crippen molar-refractivity contribution in [2.24, 2.45) is 9.98 Å². The lowest BCUT2D eigenvalue weighted by atomic mass is 10.2. The van der Waals surface area contributed by atoms with Gasteiger partial charge >= 0.3 is 0 Å². The molecular weight excluding hydrogens is 546 g/mol. The van der Waals surface area contributed by atoms with Gasteiger partial charge in [0, 0.05) is 43.4 Å². The number of nitrogens with zero attached hydrogens (tertiary/aromatic N) is 2. The molecule has 0 aliphatic heterocycles. The summed E-state index contributed by atoms with van der Waals surface area (Å²) in [6.07, 6.45) is 3.49. The zero-order valence-corrected chi connectivity index (χ0v) is 22.1. The molecule has 0 bridgehead atoms. The highest BCUT2D eigenvalue weighted by atomic mass is 35.5. The van der Waals surface area contributed by atoms with Crippen LogP contribution in [0.15, 0.2) is 105 Å². The third-order valence-electron chi connectivity index (χ3n) is 4.56. The fourth-order valence-electron chi connectivity index (χ4n) is 2.85. The van der Waals surface area contributed by atoms with Gasteiger partial charge in [-0.2, -0.15) is 0 Å². The van der Waals surface area contributed by atoms with Crippen molar-refractivity contribution < 1.29 is 0 Å². The standard InChI is InChI=1S/C26H16Cl4N2S2/c27-19-11-9-17(21(29)13-19)15-31-23-5-1-3-7-25(23)33-34-26-8-4-2-6-24(26)32-16-18-10-12-20(28)14-22(18)30/h1-16H. The third kappa shape index (κ3) is 6.82. The minimum Gasteiger partial charge on any atom is -0.255 e. The lowest BCUT2D eigenvalue weighted by Crippen LogP contribution is -1.83. The predicted molar refractivity (Wildman–Crippen MR) is 152 cm³/mol. The number of para-hydroxylation sites is 2. The Balaban J connectivity index is 1.51. The maximum absolute atomic E-state index is 6.27. The van der Waals surface area contributed by atoms with Crippen molar-refractivity contribution in [2.45, 2.75) is 9.79 Å². The molecule has 0 atom stereocenters. The average Bonchev–Trinajstić information content (AvgIpc) is 2.83. The monoisotopic (exact) mass is 560 g/mol. The molecule has 8 heteroatoms. The summed E-state index contributed by atoms with van der Waals surface area (Å²) in [5, 5.41) is 2.30. The van der Waals surface area contributed by atoms with Crippen molar-refractivity contribution in [1.29, 1.82) is 0 Å². The van der Waals surface area contributed by atoms with Crippen LogP contribution in [-0.2, 0) is 0 Å². The number of hydrogen-bond acceptors (Lipinski definition) is 4. The van der Waals surface area contributed by atoms with E-state index < -0.39 is 0 Å². The summed E-state index contributed by atoms with van der Waals surface area (Å²) in [7, 11) is 3.23. The van der Waals surface area contributed by atoms with Gasteiger partial charge in [-0.05, 0) is 48.5 Å². The second kappa shape index (κ2) is 12.2. The predicted octanol–water partition coefficient (Wildman–Crippen LogP) is 10.6. The summed E-state index contributed by atoms with van der Waals surface area (Å²) in [6.45, 7) is 0. The number of benzene rings is 4. The number of aliphatic imine (C=N–C) groups is 2. The highest BCUT2D eigenvalue weighted by Crippen LogP contribution is 2.44. The van der Waals surface area contributed by atoms with Gasteiger partial charge in [-0.1, -0.05) is 104 Å². The molecule has 0 spiro atoms. The minimum atomic E-state index is 0.559. The summed E-state index contributed by atoms with van der Waals surface area (Å²) in [6, 6.07) is 26.6. The maximum atomic E-state index is 6.27. The van der Waals surface area contributed by atoms with Gasteiger partial charge in [0.05, 0.1) is 21.4 Å². The van der Waals surface area contributed by atoms with Crippen molar-refractivity contribution in [3.63, 3.8) is 0 Å². The smallest absolute Gasteiger partial charge is 0.0774 e. The van der Waals surface area contributed by atoms with Gasteiger partial charge in [0.2, 0.25) is 0 Å². The summed E-state index contributed by atoms with van der Waals surface area (Å²) in [5.74, 6) is 0. The highest BCUT2D eigenvalue weighted by molar-refractivity contribution is 8.76. The number of rotatable bonds is 7. The summed E-state index contributed by atoms with van der Waals surface area (Å²) in [5.41, 5.74) is 3.30. The molecule has 34 heavy (non-hydrogen) atoms. The second-order valence-corrected chi connectivity index (χ2v) is 10.9. The molecule has 0 aliphatic rings. The van der Waals surface area contributed by atoms with Gasteiger partial charge in [-0.15, -0.1) is 0 Å². The molecule has 0 fully saturated rings. The molecular formula is C26H16Cl4N2S2. The van der Waals surface area contributed by atoms with Crippen molar-refractivity contribution >= 4 is 91.8 Å². The van der Waals surface area contributed by atoms with E-state index in [-0.39, 0.29) is 0 Å². The quantitative estimate of drug-likeness (QED) is 0.165. The van der Waals surface area contributed by atoms with Crippen LogP contribution in [0.1, 0.15) is 11.1 Å². The fourth-order valence-corrected chi connectivity index (χ4v) is 6.01. The Labute approximate surface area is 226 Å². The molecule has 170 valence electrons. The summed E-state index contributed by atoms with van der Waals surface area (Å²) in [4.78, 5) is 11.3. The molecule has 4 aromatic rings. The first kappa shape index (κ1) is 25.2. The van der Waals surface area contributed by atoms with Crippen LogP contribution in [0.2, 0.25) is 20.1 Å². The van der Waals surface area contributed by atoms with Crippen LogP contribution in [0.3, 0.4) is 0 Å². The van der Waals surface area contributed by atoms with Crippen LogP contribution < -0.4 is 0 Å². The summed E-state index contributed by atoms with van der Waals surface area (Å²) >= 11 is 24.5. The molecule has 0 aliphatic carbocycles. The first-order chi connectivity index (χ1) is 16.5. The maximum Gasteiger partial charge on any atom is 0.0774 e. The van der Waals surface area contributed by atoms with Crippen LogP contribution in [0.5, 0.6) is 0 Å². The van der Waals surface area contributed by atoms with E-state index in [1.165, 1.54) is 0 Å². The average molecular weight is 562 g/mol. The molecule has 2 nitrogen and oxygen atoms in total. The first-order valence-corrected chi connectivity index (χ1v) is 13.7. The normalized spacial score (nSPS) is 11.5. The van der Waals surface area contributed by atoms with E-state index in [2.05, 4.69) is 9.98 Å². The third-order valence-corrected chi connectivity index (χ3v) is 8.15. The van der Waals surface area contributed by atoms with Gasteiger partial charge < -0.3 is 0 Å². The Bertz CT molecular complexity index is 1270. The molecule has 0 heterocycles. The van der Waals surface area contributed by atoms with Gasteiger partial charge in [0.1, 0.15) is 0 Å². The Morgan fingerprint density at radius 1 is 0.529 bits per heavy atom. The molecule has 0 saturated carbocycles. The Morgan fingerprint density at radius 3 is 1.35 bits per heavy atom. The topological polar surface area (TPSA) is 24.7 Å². The van der Waals surface area contributed by atoms with Crippen molar-refractivity contribution in [1.82, 2.24) is 0 Å². The fraction of sp³-hybridized carbons (Fsp3) is 0. The van der Waals surface area contributed by atoms with E-state index in [9.17, 15) is 0 Å². The van der Waals surface area contributed by atoms with E-state index in [0.717, 1.165) is 32.3 Å². The van der Waals surface area contributed by atoms with E-state index in [4.69, 9.17) is 46.4 Å². The van der Waals surface area contributed by atoms with Gasteiger partial charge in [-0.3, -0.25) is 9.98 Å². The highest BCUT2D eigenvalue weighted by Gasteiger charge is 2.07. The van der Waals surface area contributed by atoms with Crippen LogP contribution in [-0.4, -0.2) is 12.4 Å². The van der Waals surface area contributed by atoms with E-state index in [1.807, 2.05) is 60.7 Å². The molecule has 0 unspecified atom stereocenters. The molecule has 4 aromatic carbocycles. The number of halogens is 4. The van der Waals surface area contributed by atoms with Crippen LogP contribution in [0.25, 0.3) is 0 Å². The van der Waals surface area contributed by atoms with Gasteiger partial charge in [0.25, 0.3) is 0 Å². The first-order valence-electron chi connectivity index (χ1n) is 10.0. The largest absolute Gasteiger partial charge is 0.255 e. The second-order valence-electron chi connectivity index (χ2n) is 6.95. The molecule has 4 rings (SSSR count). The zero-order valence-electron chi connectivity index (χ0n) is 17.5.